The molecule has 1 aliphatic rings. The zero-order valence-corrected chi connectivity index (χ0v) is 10.5. The van der Waals surface area contributed by atoms with Crippen LogP contribution >= 0.6 is 12.2 Å². The molecule has 0 aromatic rings. The normalized spacial score (nSPS) is 28.9. The van der Waals surface area contributed by atoms with Crippen molar-refractivity contribution in [3.63, 3.8) is 0 Å². The molecule has 2 atom stereocenters. The largest absolute Gasteiger partial charge is 0.392 e. The maximum absolute atomic E-state index is 11.9. The lowest BCUT2D eigenvalue weighted by Crippen LogP contribution is -2.51. The highest BCUT2D eigenvalue weighted by Crippen LogP contribution is 2.15. The fourth-order valence-electron chi connectivity index (χ4n) is 1.52. The lowest BCUT2D eigenvalue weighted by atomic mass is 10.2. The first-order valence-corrected chi connectivity index (χ1v) is 6.74. The third-order valence-corrected chi connectivity index (χ3v) is 4.46. The second kappa shape index (κ2) is 4.73. The van der Waals surface area contributed by atoms with Gasteiger partial charge in [0, 0.05) is 12.6 Å². The van der Waals surface area contributed by atoms with E-state index in [1.807, 2.05) is 13.8 Å². The van der Waals surface area contributed by atoms with Crippen molar-refractivity contribution in [1.29, 1.82) is 0 Å². The van der Waals surface area contributed by atoms with E-state index in [9.17, 15) is 8.42 Å². The van der Waals surface area contributed by atoms with Crippen molar-refractivity contribution in [3.8, 4) is 0 Å². The Labute approximate surface area is 95.6 Å². The molecule has 0 aromatic heterocycles. The first kappa shape index (κ1) is 12.8. The summed E-state index contributed by atoms with van der Waals surface area (Å²) in [7, 11) is -3.38. The third kappa shape index (κ3) is 3.37. The molecular formula is C8H16N2O3S2. The Morgan fingerprint density at radius 3 is 2.73 bits per heavy atom. The number of sulfonamides is 1. The molecule has 0 saturated carbocycles. The number of morpholine rings is 1. The maximum atomic E-state index is 11.9. The van der Waals surface area contributed by atoms with Gasteiger partial charge >= 0.3 is 0 Å². The summed E-state index contributed by atoms with van der Waals surface area (Å²) in [6.07, 6.45) is -0.0812. The quantitative estimate of drug-likeness (QED) is 0.699. The molecule has 0 bridgehead atoms. The summed E-state index contributed by atoms with van der Waals surface area (Å²) in [4.78, 5) is 0.00125. The molecule has 2 unspecified atom stereocenters. The summed E-state index contributed by atoms with van der Waals surface area (Å²) in [6.45, 7) is 4.43. The summed E-state index contributed by atoms with van der Waals surface area (Å²) in [6, 6.07) is -0.152. The molecular weight excluding hydrogens is 236 g/mol. The van der Waals surface area contributed by atoms with E-state index in [4.69, 9.17) is 10.5 Å². The summed E-state index contributed by atoms with van der Waals surface area (Å²) >= 11 is 4.62. The zero-order chi connectivity index (χ0) is 11.6. The molecule has 15 heavy (non-hydrogen) atoms. The van der Waals surface area contributed by atoms with Crippen LogP contribution in [0.5, 0.6) is 0 Å². The van der Waals surface area contributed by atoms with Crippen LogP contribution in [-0.2, 0) is 14.8 Å². The lowest BCUT2D eigenvalue weighted by molar-refractivity contribution is -0.0169. The highest BCUT2D eigenvalue weighted by molar-refractivity contribution is 7.92. The minimum Gasteiger partial charge on any atom is -0.392 e. The average molecular weight is 252 g/mol. The molecule has 1 saturated heterocycles. The van der Waals surface area contributed by atoms with Gasteiger partial charge in [-0.05, 0) is 13.8 Å². The van der Waals surface area contributed by atoms with Crippen molar-refractivity contribution in [3.05, 3.63) is 0 Å². The van der Waals surface area contributed by atoms with Crippen LogP contribution in [0.3, 0.4) is 0 Å². The smallest absolute Gasteiger partial charge is 0.221 e. The van der Waals surface area contributed by atoms with E-state index < -0.39 is 10.0 Å². The number of nitrogens with zero attached hydrogens (tertiary/aromatic N) is 1. The Morgan fingerprint density at radius 1 is 1.60 bits per heavy atom. The Hall–Kier alpha value is -0.240. The average Bonchev–Trinajstić information content (AvgIpc) is 2.06. The molecule has 1 fully saturated rings. The highest BCUT2D eigenvalue weighted by atomic mass is 32.2. The van der Waals surface area contributed by atoms with Gasteiger partial charge in [0.1, 0.15) is 5.75 Å². The topological polar surface area (TPSA) is 72.6 Å². The number of rotatable bonds is 3. The van der Waals surface area contributed by atoms with Gasteiger partial charge in [0.2, 0.25) is 10.0 Å². The van der Waals surface area contributed by atoms with E-state index in [2.05, 4.69) is 12.2 Å². The standard InChI is InChI=1S/C8H16N2O3S2/c1-6-4-13-7(2)3-10(6)15(11,12)5-8(9)14/h6-7H,3-5H2,1-2H3,(H2,9,14). The van der Waals surface area contributed by atoms with Crippen LogP contribution in [0.2, 0.25) is 0 Å². The number of thiocarbonyl (C=S) groups is 1. The van der Waals surface area contributed by atoms with Gasteiger partial charge in [-0.3, -0.25) is 0 Å². The molecule has 0 spiro atoms. The van der Waals surface area contributed by atoms with Crippen LogP contribution in [0, 0.1) is 0 Å². The van der Waals surface area contributed by atoms with E-state index in [1.54, 1.807) is 0 Å². The first-order valence-electron chi connectivity index (χ1n) is 4.72. The molecule has 1 aliphatic heterocycles. The van der Waals surface area contributed by atoms with E-state index in [0.29, 0.717) is 13.2 Å². The maximum Gasteiger partial charge on any atom is 0.221 e. The molecule has 0 aliphatic carbocycles. The fraction of sp³-hybridized carbons (Fsp3) is 0.875. The lowest BCUT2D eigenvalue weighted by Gasteiger charge is -2.35. The molecule has 7 heteroatoms. The van der Waals surface area contributed by atoms with Gasteiger partial charge in [-0.2, -0.15) is 4.31 Å². The summed E-state index contributed by atoms with van der Waals surface area (Å²) in [5, 5.41) is 0. The Kier molecular flexibility index (Phi) is 4.05. The first-order chi connectivity index (χ1) is 6.83. The molecule has 88 valence electrons. The minimum atomic E-state index is -3.38. The van der Waals surface area contributed by atoms with Gasteiger partial charge in [0.15, 0.2) is 0 Å². The Morgan fingerprint density at radius 2 is 2.20 bits per heavy atom. The van der Waals surface area contributed by atoms with Crippen LogP contribution in [0.15, 0.2) is 0 Å². The highest BCUT2D eigenvalue weighted by Gasteiger charge is 2.33. The fourth-order valence-corrected chi connectivity index (χ4v) is 3.54. The predicted octanol–water partition coefficient (Wildman–Crippen LogP) is -0.288. The second-order valence-corrected chi connectivity index (χ2v) is 6.23. The van der Waals surface area contributed by atoms with Crippen molar-refractivity contribution >= 4 is 27.2 Å². The monoisotopic (exact) mass is 252 g/mol. The number of nitrogens with two attached hydrogens (primary N) is 1. The number of ether oxygens (including phenoxy) is 1. The molecule has 0 aromatic carbocycles. The molecule has 0 amide bonds. The third-order valence-electron chi connectivity index (χ3n) is 2.23. The minimum absolute atomic E-state index is 0.00125. The van der Waals surface area contributed by atoms with Crippen LogP contribution in [0.1, 0.15) is 13.8 Å². The van der Waals surface area contributed by atoms with E-state index in [-0.39, 0.29) is 22.9 Å². The molecule has 1 rings (SSSR count). The van der Waals surface area contributed by atoms with Crippen LogP contribution in [0.4, 0.5) is 0 Å². The van der Waals surface area contributed by atoms with Crippen molar-refractivity contribution in [2.75, 3.05) is 18.9 Å². The second-order valence-electron chi connectivity index (χ2n) is 3.79. The van der Waals surface area contributed by atoms with Gasteiger partial charge in [-0.25, -0.2) is 8.42 Å². The SMILES string of the molecule is CC1CN(S(=O)(=O)CC(N)=S)C(C)CO1. The van der Waals surface area contributed by atoms with Crippen LogP contribution in [0.25, 0.3) is 0 Å². The van der Waals surface area contributed by atoms with Gasteiger partial charge in [0.25, 0.3) is 0 Å². The van der Waals surface area contributed by atoms with Gasteiger partial charge < -0.3 is 10.5 Å². The molecule has 5 nitrogen and oxygen atoms in total. The predicted molar refractivity (Wildman–Crippen MR) is 62.2 cm³/mol. The van der Waals surface area contributed by atoms with Gasteiger partial charge in [-0.1, -0.05) is 12.2 Å². The number of hydrogen-bond donors (Lipinski definition) is 1. The van der Waals surface area contributed by atoms with Crippen molar-refractivity contribution in [1.82, 2.24) is 4.31 Å². The Balaban J connectivity index is 2.80. The summed E-state index contributed by atoms with van der Waals surface area (Å²) < 4.78 is 30.5. The van der Waals surface area contributed by atoms with Crippen molar-refractivity contribution in [2.24, 2.45) is 5.73 Å². The summed E-state index contributed by atoms with van der Waals surface area (Å²) in [5.41, 5.74) is 5.26. The van der Waals surface area contributed by atoms with Gasteiger partial charge in [0.05, 0.1) is 17.7 Å². The van der Waals surface area contributed by atoms with Crippen molar-refractivity contribution in [2.45, 2.75) is 26.0 Å². The Bertz CT molecular complexity index is 342. The molecule has 0 radical (unpaired) electrons. The van der Waals surface area contributed by atoms with Crippen LogP contribution < -0.4 is 5.73 Å². The van der Waals surface area contributed by atoms with Crippen molar-refractivity contribution < 1.29 is 13.2 Å². The molecule has 1 heterocycles. The van der Waals surface area contributed by atoms with E-state index in [1.165, 1.54) is 4.31 Å². The van der Waals surface area contributed by atoms with Crippen LogP contribution in [-0.4, -0.2) is 48.8 Å². The number of hydrogen-bond acceptors (Lipinski definition) is 4. The van der Waals surface area contributed by atoms with Gasteiger partial charge in [-0.15, -0.1) is 0 Å². The molecule has 2 N–H and O–H groups in total. The zero-order valence-electron chi connectivity index (χ0n) is 8.84. The van der Waals surface area contributed by atoms with E-state index in [0.717, 1.165) is 0 Å². The van der Waals surface area contributed by atoms with E-state index >= 15 is 0 Å². The summed E-state index contributed by atoms with van der Waals surface area (Å²) in [5.74, 6) is -0.264.